The molecule has 0 spiro atoms. The van der Waals surface area contributed by atoms with Gasteiger partial charge in [0.05, 0.1) is 4.91 Å². The molecule has 1 heterocycles. The van der Waals surface area contributed by atoms with Gasteiger partial charge in [0, 0.05) is 12.0 Å². The fraction of sp³-hybridized carbons (Fsp3) is 0.188. The molecule has 1 atom stereocenters. The number of carbonyl (C=O) groups is 4. The van der Waals surface area contributed by atoms with Crippen LogP contribution in [-0.4, -0.2) is 49.6 Å². The number of carboxylic acids is 2. The number of nitrogens with zero attached hydrogens (tertiary/aromatic N) is 1. The smallest absolute Gasteiger partial charge is 0.326 e. The van der Waals surface area contributed by atoms with Crippen LogP contribution in [0.4, 0.5) is 0 Å². The number of aldehydes is 1. The van der Waals surface area contributed by atoms with Crippen molar-refractivity contribution in [3.05, 3.63) is 40.3 Å². The highest BCUT2D eigenvalue weighted by Crippen LogP contribution is 2.34. The van der Waals surface area contributed by atoms with E-state index < -0.39 is 23.9 Å². The van der Waals surface area contributed by atoms with Gasteiger partial charge >= 0.3 is 11.9 Å². The summed E-state index contributed by atoms with van der Waals surface area (Å²) in [4.78, 5) is 46.5. The molecule has 1 aromatic carbocycles. The number of thioether (sulfide) groups is 1. The summed E-state index contributed by atoms with van der Waals surface area (Å²) in [5.74, 6) is -3.04. The molecule has 1 aromatic rings. The molecular formula is C16H13NO6S2. The lowest BCUT2D eigenvalue weighted by Crippen LogP contribution is -2.44. The third-order valence-corrected chi connectivity index (χ3v) is 4.75. The van der Waals surface area contributed by atoms with Crippen molar-refractivity contribution in [1.82, 2.24) is 4.90 Å². The first kappa shape index (κ1) is 18.8. The van der Waals surface area contributed by atoms with E-state index in [0.717, 1.165) is 16.7 Å². The summed E-state index contributed by atoms with van der Waals surface area (Å²) in [6.07, 6.45) is 1.62. The lowest BCUT2D eigenvalue weighted by Gasteiger charge is -2.22. The SMILES string of the molecule is O=Cc1ccc(/C=C2\SC(=S)N([C@@H](CCC(=O)O)C(=O)O)C2=O)cc1. The van der Waals surface area contributed by atoms with Gasteiger partial charge in [0.15, 0.2) is 0 Å². The molecular weight excluding hydrogens is 366 g/mol. The highest BCUT2D eigenvalue weighted by molar-refractivity contribution is 8.26. The summed E-state index contributed by atoms with van der Waals surface area (Å²) >= 11 is 6.05. The van der Waals surface area contributed by atoms with Gasteiger partial charge in [-0.05, 0) is 18.1 Å². The summed E-state index contributed by atoms with van der Waals surface area (Å²) in [5, 5.41) is 18.0. The van der Waals surface area contributed by atoms with Crippen LogP contribution in [0.3, 0.4) is 0 Å². The van der Waals surface area contributed by atoms with Gasteiger partial charge in [0.1, 0.15) is 16.6 Å². The number of rotatable bonds is 7. The van der Waals surface area contributed by atoms with Gasteiger partial charge in [-0.2, -0.15) is 0 Å². The van der Waals surface area contributed by atoms with Crippen LogP contribution in [0, 0.1) is 0 Å². The first-order valence-corrected chi connectivity index (χ1v) is 8.33. The van der Waals surface area contributed by atoms with Crippen molar-refractivity contribution in [3.63, 3.8) is 0 Å². The van der Waals surface area contributed by atoms with Crippen LogP contribution >= 0.6 is 24.0 Å². The fourth-order valence-electron chi connectivity index (χ4n) is 2.19. The van der Waals surface area contributed by atoms with Crippen LogP contribution in [0.1, 0.15) is 28.8 Å². The Bertz CT molecular complexity index is 771. The van der Waals surface area contributed by atoms with E-state index in [1.54, 1.807) is 30.3 Å². The second-order valence-corrected chi connectivity index (χ2v) is 6.80. The highest BCUT2D eigenvalue weighted by Gasteiger charge is 2.40. The zero-order valence-electron chi connectivity index (χ0n) is 12.7. The molecule has 0 unspecified atom stereocenters. The van der Waals surface area contributed by atoms with Crippen molar-refractivity contribution in [2.24, 2.45) is 0 Å². The number of amides is 1. The number of hydrogen-bond acceptors (Lipinski definition) is 6. The Morgan fingerprint density at radius 2 is 1.80 bits per heavy atom. The number of hydrogen-bond donors (Lipinski definition) is 2. The summed E-state index contributed by atoms with van der Waals surface area (Å²) in [5.41, 5.74) is 1.15. The fourth-order valence-corrected chi connectivity index (χ4v) is 3.55. The lowest BCUT2D eigenvalue weighted by atomic mass is 10.1. The quantitative estimate of drug-likeness (QED) is 0.420. The minimum atomic E-state index is -1.33. The molecule has 0 bridgehead atoms. The van der Waals surface area contributed by atoms with Crippen LogP contribution in [0.25, 0.3) is 6.08 Å². The van der Waals surface area contributed by atoms with Gasteiger partial charge in [-0.15, -0.1) is 0 Å². The minimum absolute atomic E-state index is 0.0681. The van der Waals surface area contributed by atoms with E-state index in [9.17, 15) is 24.3 Å². The second-order valence-electron chi connectivity index (χ2n) is 5.12. The van der Waals surface area contributed by atoms with Crippen molar-refractivity contribution >= 4 is 58.5 Å². The number of benzene rings is 1. The molecule has 1 fully saturated rings. The van der Waals surface area contributed by atoms with E-state index in [1.165, 1.54) is 0 Å². The van der Waals surface area contributed by atoms with E-state index in [2.05, 4.69) is 0 Å². The van der Waals surface area contributed by atoms with E-state index in [1.807, 2.05) is 0 Å². The molecule has 9 heteroatoms. The van der Waals surface area contributed by atoms with Crippen molar-refractivity contribution in [3.8, 4) is 0 Å². The maximum atomic E-state index is 12.5. The predicted octanol–water partition coefficient (Wildman–Crippen LogP) is 2.02. The molecule has 0 radical (unpaired) electrons. The number of aliphatic carboxylic acids is 2. The Labute approximate surface area is 152 Å². The molecule has 2 N–H and O–H groups in total. The maximum absolute atomic E-state index is 12.5. The van der Waals surface area contributed by atoms with Crippen molar-refractivity contribution in [2.45, 2.75) is 18.9 Å². The van der Waals surface area contributed by atoms with Gasteiger partial charge in [0.2, 0.25) is 0 Å². The topological polar surface area (TPSA) is 112 Å². The average molecular weight is 379 g/mol. The Morgan fingerprint density at radius 1 is 1.20 bits per heavy atom. The number of thiocarbonyl (C=S) groups is 1. The van der Waals surface area contributed by atoms with Crippen LogP contribution in [-0.2, 0) is 14.4 Å². The van der Waals surface area contributed by atoms with E-state index in [-0.39, 0.29) is 22.1 Å². The van der Waals surface area contributed by atoms with E-state index in [0.29, 0.717) is 17.4 Å². The van der Waals surface area contributed by atoms with Crippen LogP contribution in [0.5, 0.6) is 0 Å². The third kappa shape index (κ3) is 4.52. The first-order valence-electron chi connectivity index (χ1n) is 7.10. The van der Waals surface area contributed by atoms with Gasteiger partial charge in [-0.1, -0.05) is 48.2 Å². The Morgan fingerprint density at radius 3 is 2.32 bits per heavy atom. The normalized spacial score (nSPS) is 17.0. The summed E-state index contributed by atoms with van der Waals surface area (Å²) < 4.78 is 0.0681. The third-order valence-electron chi connectivity index (χ3n) is 3.42. The molecule has 25 heavy (non-hydrogen) atoms. The summed E-state index contributed by atoms with van der Waals surface area (Å²) in [6.45, 7) is 0. The standard InChI is InChI=1S/C16H13NO6S2/c18-8-10-3-1-9(2-4-10)7-12-14(21)17(16(24)25-12)11(15(22)23)5-6-13(19)20/h1-4,7-8,11H,5-6H2,(H,19,20)(H,22,23)/b12-7-/t11-/m0/s1. The monoisotopic (exact) mass is 379 g/mol. The van der Waals surface area contributed by atoms with Gasteiger partial charge in [-0.3, -0.25) is 19.3 Å². The van der Waals surface area contributed by atoms with Crippen molar-refractivity contribution in [2.75, 3.05) is 0 Å². The highest BCUT2D eigenvalue weighted by atomic mass is 32.2. The molecule has 2 rings (SSSR count). The maximum Gasteiger partial charge on any atom is 0.326 e. The van der Waals surface area contributed by atoms with Crippen molar-refractivity contribution < 1.29 is 29.4 Å². The number of carbonyl (C=O) groups excluding carboxylic acids is 2. The van der Waals surface area contributed by atoms with Gasteiger partial charge in [0.25, 0.3) is 5.91 Å². The largest absolute Gasteiger partial charge is 0.481 e. The van der Waals surface area contributed by atoms with Gasteiger partial charge in [-0.25, -0.2) is 4.79 Å². The molecule has 1 saturated heterocycles. The lowest BCUT2D eigenvalue weighted by molar-refractivity contribution is -0.146. The molecule has 1 amide bonds. The minimum Gasteiger partial charge on any atom is -0.481 e. The van der Waals surface area contributed by atoms with Gasteiger partial charge < -0.3 is 10.2 Å². The zero-order valence-corrected chi connectivity index (χ0v) is 14.4. The van der Waals surface area contributed by atoms with Crippen LogP contribution in [0.15, 0.2) is 29.2 Å². The second kappa shape index (κ2) is 8.04. The molecule has 0 aliphatic carbocycles. The first-order chi connectivity index (χ1) is 11.8. The summed E-state index contributed by atoms with van der Waals surface area (Å²) in [6, 6.07) is 5.15. The average Bonchev–Trinajstić information content (AvgIpc) is 2.83. The van der Waals surface area contributed by atoms with E-state index >= 15 is 0 Å². The molecule has 0 saturated carbocycles. The van der Waals surface area contributed by atoms with Crippen LogP contribution in [0.2, 0.25) is 0 Å². The zero-order chi connectivity index (χ0) is 18.6. The molecule has 130 valence electrons. The van der Waals surface area contributed by atoms with E-state index in [4.69, 9.17) is 17.3 Å². The van der Waals surface area contributed by atoms with Crippen molar-refractivity contribution in [1.29, 1.82) is 0 Å². The predicted molar refractivity (Wildman–Crippen MR) is 95.1 cm³/mol. The number of carboxylic acid groups (broad SMARTS) is 2. The molecule has 0 aromatic heterocycles. The summed E-state index contributed by atoms with van der Waals surface area (Å²) in [7, 11) is 0. The van der Waals surface area contributed by atoms with Crippen LogP contribution < -0.4 is 0 Å². The Hall–Kier alpha value is -2.52. The molecule has 1 aliphatic heterocycles. The molecule has 1 aliphatic rings. The molecule has 7 nitrogen and oxygen atoms in total. The Kier molecular flexibility index (Phi) is 6.05. The Balaban J connectivity index is 2.24.